The molecule has 1 fully saturated rings. The van der Waals surface area contributed by atoms with Gasteiger partial charge in [0.25, 0.3) is 5.91 Å². The number of hydrogen-bond donors (Lipinski definition) is 1. The predicted molar refractivity (Wildman–Crippen MR) is 140 cm³/mol. The summed E-state index contributed by atoms with van der Waals surface area (Å²) < 4.78 is 20.7. The van der Waals surface area contributed by atoms with E-state index in [1.165, 1.54) is 12.1 Å². The first-order valence-corrected chi connectivity index (χ1v) is 12.8. The van der Waals surface area contributed by atoms with Crippen LogP contribution < -0.4 is 5.43 Å². The fourth-order valence-corrected chi connectivity index (χ4v) is 5.39. The summed E-state index contributed by atoms with van der Waals surface area (Å²) in [5, 5.41) is 7.66. The van der Waals surface area contributed by atoms with Crippen molar-refractivity contribution in [1.82, 2.24) is 20.2 Å². The van der Waals surface area contributed by atoms with Crippen molar-refractivity contribution in [1.29, 1.82) is 0 Å². The summed E-state index contributed by atoms with van der Waals surface area (Å²) in [6, 6.07) is 11.6. The number of allylic oxidation sites excluding steroid dienone is 1. The van der Waals surface area contributed by atoms with Crippen LogP contribution in [0.4, 0.5) is 4.39 Å². The number of hydrazine groups is 1. The summed E-state index contributed by atoms with van der Waals surface area (Å²) in [7, 11) is 1.72. The summed E-state index contributed by atoms with van der Waals surface area (Å²) in [5.74, 6) is -0.526. The number of nitrogens with one attached hydrogen (secondary N) is 1. The average molecular weight is 529 g/mol. The van der Waals surface area contributed by atoms with Gasteiger partial charge in [0.05, 0.1) is 22.5 Å². The summed E-state index contributed by atoms with van der Waals surface area (Å²) in [6.45, 7) is 1.43. The molecule has 6 nitrogen and oxygen atoms in total. The van der Waals surface area contributed by atoms with Crippen molar-refractivity contribution in [2.75, 3.05) is 20.2 Å². The van der Waals surface area contributed by atoms with Gasteiger partial charge in [-0.2, -0.15) is 5.10 Å². The summed E-state index contributed by atoms with van der Waals surface area (Å²) >= 11 is 12.7. The van der Waals surface area contributed by atoms with Gasteiger partial charge >= 0.3 is 0 Å². The lowest BCUT2D eigenvalue weighted by molar-refractivity contribution is 0.0226. The second kappa shape index (κ2) is 10.7. The molecule has 1 N–H and O–H groups in total. The molecule has 0 bridgehead atoms. The van der Waals surface area contributed by atoms with Crippen LogP contribution in [-0.2, 0) is 11.2 Å². The number of piperidine rings is 1. The highest BCUT2D eigenvalue weighted by Gasteiger charge is 2.30. The zero-order chi connectivity index (χ0) is 25.2. The molecule has 1 saturated heterocycles. The van der Waals surface area contributed by atoms with Crippen molar-refractivity contribution in [3.05, 3.63) is 80.8 Å². The summed E-state index contributed by atoms with van der Waals surface area (Å²) in [4.78, 5) is 13.4. The van der Waals surface area contributed by atoms with Crippen LogP contribution in [0.15, 0.2) is 42.5 Å². The number of hydrogen-bond acceptors (Lipinski definition) is 4. The van der Waals surface area contributed by atoms with Crippen molar-refractivity contribution in [3.63, 3.8) is 0 Å². The first kappa shape index (κ1) is 25.0. The number of methoxy groups -OCH3 is 1. The van der Waals surface area contributed by atoms with Gasteiger partial charge in [-0.15, -0.1) is 0 Å². The number of benzene rings is 2. The number of amides is 1. The fourth-order valence-electron chi connectivity index (χ4n) is 4.90. The molecule has 0 saturated carbocycles. The van der Waals surface area contributed by atoms with E-state index in [0.717, 1.165) is 54.5 Å². The van der Waals surface area contributed by atoms with Gasteiger partial charge in [0, 0.05) is 30.8 Å². The highest BCUT2D eigenvalue weighted by atomic mass is 35.5. The summed E-state index contributed by atoms with van der Waals surface area (Å²) in [5.41, 5.74) is 7.68. The SMILES string of the molecule is COC1CCN(NC(=O)c2nn(-c3ccc(Cl)cc3Cl)c3c2CCC/C3=C\c2ccc(F)cc2)CC1. The first-order chi connectivity index (χ1) is 17.4. The molecule has 1 aliphatic carbocycles. The van der Waals surface area contributed by atoms with E-state index in [9.17, 15) is 9.18 Å². The van der Waals surface area contributed by atoms with E-state index in [2.05, 4.69) is 5.43 Å². The largest absolute Gasteiger partial charge is 0.381 e. The second-order valence-corrected chi connectivity index (χ2v) is 9.96. The third kappa shape index (κ3) is 5.20. The highest BCUT2D eigenvalue weighted by molar-refractivity contribution is 6.35. The molecule has 5 rings (SSSR count). The average Bonchev–Trinajstić information content (AvgIpc) is 3.26. The van der Waals surface area contributed by atoms with E-state index in [4.69, 9.17) is 33.0 Å². The van der Waals surface area contributed by atoms with Gasteiger partial charge in [-0.25, -0.2) is 14.1 Å². The topological polar surface area (TPSA) is 59.4 Å². The van der Waals surface area contributed by atoms with E-state index in [-0.39, 0.29) is 17.8 Å². The lowest BCUT2D eigenvalue weighted by Gasteiger charge is -2.31. The minimum Gasteiger partial charge on any atom is -0.381 e. The predicted octanol–water partition coefficient (Wildman–Crippen LogP) is 5.95. The van der Waals surface area contributed by atoms with E-state index >= 15 is 0 Å². The zero-order valence-corrected chi connectivity index (χ0v) is 21.4. The number of fused-ring (bicyclic) bond motifs is 1. The normalized spacial score (nSPS) is 17.8. The molecule has 188 valence electrons. The molecule has 2 aromatic carbocycles. The Bertz CT molecular complexity index is 1300. The number of ether oxygens (including phenoxy) is 1. The Hall–Kier alpha value is -2.71. The molecule has 1 aromatic heterocycles. The van der Waals surface area contributed by atoms with Crippen molar-refractivity contribution >= 4 is 40.8 Å². The van der Waals surface area contributed by atoms with Crippen LogP contribution in [0.1, 0.15) is 53.0 Å². The molecule has 0 spiro atoms. The Balaban J connectivity index is 1.55. The lowest BCUT2D eigenvalue weighted by Crippen LogP contribution is -2.48. The van der Waals surface area contributed by atoms with Gasteiger partial charge in [-0.3, -0.25) is 10.2 Å². The van der Waals surface area contributed by atoms with Gasteiger partial charge in [0.2, 0.25) is 0 Å². The molecule has 2 heterocycles. The van der Waals surface area contributed by atoms with Gasteiger partial charge in [-0.1, -0.05) is 35.3 Å². The first-order valence-electron chi connectivity index (χ1n) is 12.1. The van der Waals surface area contributed by atoms with Crippen LogP contribution in [0.5, 0.6) is 0 Å². The smallest absolute Gasteiger partial charge is 0.286 e. The number of aromatic nitrogens is 2. The third-order valence-corrected chi connectivity index (χ3v) is 7.30. The van der Waals surface area contributed by atoms with Crippen LogP contribution in [-0.4, -0.2) is 47.0 Å². The zero-order valence-electron chi connectivity index (χ0n) is 19.9. The standard InChI is InChI=1S/C27H27Cl2FN4O2/c1-36-21-11-13-33(14-12-21)32-27(35)25-22-4-2-3-18(15-17-5-8-20(30)9-6-17)26(22)34(31-25)24-10-7-19(28)16-23(24)29/h5-10,15-16,21H,2-4,11-14H2,1H3,(H,32,35)/b18-15+. The minimum atomic E-state index is -0.284. The van der Waals surface area contributed by atoms with Crippen LogP contribution in [0.2, 0.25) is 10.0 Å². The van der Waals surface area contributed by atoms with Crippen LogP contribution in [0, 0.1) is 5.82 Å². The molecule has 0 atom stereocenters. The third-order valence-electron chi connectivity index (χ3n) is 6.76. The van der Waals surface area contributed by atoms with Gasteiger partial charge in [0.15, 0.2) is 5.69 Å². The Labute approximate surface area is 219 Å². The maximum Gasteiger partial charge on any atom is 0.286 e. The molecular formula is C27H27Cl2FN4O2. The highest BCUT2D eigenvalue weighted by Crippen LogP contribution is 2.37. The maximum atomic E-state index is 13.5. The Kier molecular flexibility index (Phi) is 7.44. The molecule has 36 heavy (non-hydrogen) atoms. The Morgan fingerprint density at radius 1 is 1.14 bits per heavy atom. The van der Waals surface area contributed by atoms with Crippen molar-refractivity contribution in [2.24, 2.45) is 0 Å². The lowest BCUT2D eigenvalue weighted by atomic mass is 9.89. The molecule has 9 heteroatoms. The number of halogens is 3. The molecular weight excluding hydrogens is 502 g/mol. The Morgan fingerprint density at radius 2 is 1.89 bits per heavy atom. The minimum absolute atomic E-state index is 0.219. The molecule has 1 aliphatic heterocycles. The van der Waals surface area contributed by atoms with Crippen LogP contribution in [0.3, 0.4) is 0 Å². The summed E-state index contributed by atoms with van der Waals surface area (Å²) in [6.07, 6.45) is 6.35. The quantitative estimate of drug-likeness (QED) is 0.444. The van der Waals surface area contributed by atoms with E-state index < -0.39 is 0 Å². The van der Waals surface area contributed by atoms with Gasteiger partial charge in [-0.05, 0) is 79.6 Å². The molecule has 0 unspecified atom stereocenters. The molecule has 1 amide bonds. The monoisotopic (exact) mass is 528 g/mol. The van der Waals surface area contributed by atoms with Crippen LogP contribution >= 0.6 is 23.2 Å². The Morgan fingerprint density at radius 3 is 2.58 bits per heavy atom. The van der Waals surface area contributed by atoms with E-state index in [1.54, 1.807) is 42.1 Å². The fraction of sp³-hybridized carbons (Fsp3) is 0.333. The number of rotatable bonds is 5. The number of carbonyl (C=O) groups excluding carboxylic acids is 1. The van der Waals surface area contributed by atoms with Crippen LogP contribution in [0.25, 0.3) is 17.3 Å². The van der Waals surface area contributed by atoms with Gasteiger partial charge in [0.1, 0.15) is 5.82 Å². The van der Waals surface area contributed by atoms with Crippen molar-refractivity contribution in [3.8, 4) is 5.69 Å². The van der Waals surface area contributed by atoms with E-state index in [1.807, 2.05) is 11.1 Å². The number of nitrogens with zero attached hydrogens (tertiary/aromatic N) is 3. The maximum absolute atomic E-state index is 13.5. The van der Waals surface area contributed by atoms with E-state index in [0.29, 0.717) is 34.5 Å². The van der Waals surface area contributed by atoms with Crippen molar-refractivity contribution < 1.29 is 13.9 Å². The molecule has 3 aromatic rings. The molecule has 2 aliphatic rings. The van der Waals surface area contributed by atoms with Gasteiger partial charge < -0.3 is 4.74 Å². The second-order valence-electron chi connectivity index (χ2n) is 9.12. The van der Waals surface area contributed by atoms with Crippen molar-refractivity contribution in [2.45, 2.75) is 38.2 Å². The number of carbonyl (C=O) groups is 1. The molecule has 0 radical (unpaired) electrons.